The summed E-state index contributed by atoms with van der Waals surface area (Å²) in [5.41, 5.74) is 0. The van der Waals surface area contributed by atoms with Crippen LogP contribution in [-0.2, 0) is 4.74 Å². The highest BCUT2D eigenvalue weighted by Gasteiger charge is 2.41. The fourth-order valence-corrected chi connectivity index (χ4v) is 2.70. The van der Waals surface area contributed by atoms with E-state index in [0.717, 1.165) is 25.0 Å². The lowest BCUT2D eigenvalue weighted by atomic mass is 10.2. The first-order valence-corrected chi connectivity index (χ1v) is 8.83. The lowest BCUT2D eigenvalue weighted by molar-refractivity contribution is -0.181. The third kappa shape index (κ3) is 7.86. The lowest BCUT2D eigenvalue weighted by Gasteiger charge is -2.39. The van der Waals surface area contributed by atoms with E-state index in [1.807, 2.05) is 11.8 Å². The van der Waals surface area contributed by atoms with Crippen molar-refractivity contribution in [1.82, 2.24) is 15.1 Å². The maximum Gasteiger partial charge on any atom is 0.403 e. The van der Waals surface area contributed by atoms with Gasteiger partial charge in [0.1, 0.15) is 6.04 Å². The van der Waals surface area contributed by atoms with Crippen LogP contribution in [0, 0.1) is 5.92 Å². The van der Waals surface area contributed by atoms with Crippen LogP contribution < -0.4 is 5.32 Å². The van der Waals surface area contributed by atoms with Crippen molar-refractivity contribution in [1.29, 1.82) is 0 Å². The number of alkyl halides is 3. The van der Waals surface area contributed by atoms with Crippen LogP contribution in [0.25, 0.3) is 0 Å². The van der Waals surface area contributed by atoms with E-state index in [1.165, 1.54) is 24.7 Å². The van der Waals surface area contributed by atoms with Crippen molar-refractivity contribution in [2.45, 2.75) is 38.9 Å². The molecule has 5 nitrogen and oxygen atoms in total. The molecule has 9 heteroatoms. The number of ether oxygens (including phenoxy) is 1. The normalized spacial score (nSPS) is 21.0. The van der Waals surface area contributed by atoms with Gasteiger partial charge in [0, 0.05) is 39.3 Å². The number of nitrogens with one attached hydrogen (secondary N) is 1. The second-order valence-electron chi connectivity index (χ2n) is 6.49. The summed E-state index contributed by atoms with van der Waals surface area (Å²) in [4.78, 5) is 8.06. The third-order valence-electron chi connectivity index (χ3n) is 4.52. The van der Waals surface area contributed by atoms with Gasteiger partial charge in [0.25, 0.3) is 0 Å². The van der Waals surface area contributed by atoms with Gasteiger partial charge in [-0.25, -0.2) is 0 Å². The van der Waals surface area contributed by atoms with Gasteiger partial charge in [-0.15, -0.1) is 24.0 Å². The van der Waals surface area contributed by atoms with Gasteiger partial charge in [-0.1, -0.05) is 0 Å². The van der Waals surface area contributed by atoms with Gasteiger partial charge >= 0.3 is 6.18 Å². The Kier molecular flexibility index (Phi) is 9.79. The van der Waals surface area contributed by atoms with Crippen LogP contribution >= 0.6 is 24.0 Å². The number of aliphatic imine (C=N–C) groups is 1. The number of rotatable bonds is 7. The van der Waals surface area contributed by atoms with Crippen molar-refractivity contribution in [3.63, 3.8) is 0 Å². The topological polar surface area (TPSA) is 40.1 Å². The summed E-state index contributed by atoms with van der Waals surface area (Å²) in [6.45, 7) is 7.83. The Balaban J connectivity index is 0.00000312. The zero-order valence-corrected chi connectivity index (χ0v) is 17.3. The SMILES string of the molecule is CCNC(=NCCOCC1CC1)N1CCN(C(C)C(F)(F)F)CC1.I. The third-order valence-corrected chi connectivity index (χ3v) is 4.52. The van der Waals surface area contributed by atoms with Gasteiger partial charge in [0.2, 0.25) is 0 Å². The molecule has 0 aromatic rings. The number of nitrogens with zero attached hydrogens (tertiary/aromatic N) is 3. The molecule has 0 bridgehead atoms. The minimum absolute atomic E-state index is 0. The predicted octanol–water partition coefficient (Wildman–Crippen LogP) is 2.56. The highest BCUT2D eigenvalue weighted by atomic mass is 127. The molecule has 2 rings (SSSR count). The molecule has 0 aromatic heterocycles. The Hall–Kier alpha value is -0.290. The first kappa shape index (κ1) is 22.8. The Morgan fingerprint density at radius 2 is 1.88 bits per heavy atom. The van der Waals surface area contributed by atoms with Crippen LogP contribution in [-0.4, -0.2) is 80.5 Å². The minimum Gasteiger partial charge on any atom is -0.379 e. The maximum absolute atomic E-state index is 12.8. The van der Waals surface area contributed by atoms with Crippen LogP contribution in [0.15, 0.2) is 4.99 Å². The molecule has 1 unspecified atom stereocenters. The van der Waals surface area contributed by atoms with E-state index >= 15 is 0 Å². The Bertz CT molecular complexity index is 411. The highest BCUT2D eigenvalue weighted by molar-refractivity contribution is 14.0. The van der Waals surface area contributed by atoms with Gasteiger partial charge in [-0.2, -0.15) is 13.2 Å². The van der Waals surface area contributed by atoms with E-state index in [4.69, 9.17) is 4.74 Å². The molecule has 1 saturated carbocycles. The molecule has 0 amide bonds. The quantitative estimate of drug-likeness (QED) is 0.265. The molecule has 0 spiro atoms. The number of guanidine groups is 1. The van der Waals surface area contributed by atoms with Gasteiger partial charge in [-0.05, 0) is 32.6 Å². The van der Waals surface area contributed by atoms with Crippen LogP contribution in [0.2, 0.25) is 0 Å². The van der Waals surface area contributed by atoms with E-state index in [2.05, 4.69) is 10.3 Å². The standard InChI is InChI=1S/C16H29F3N4O.HI/c1-3-20-15(21-6-11-24-12-14-4-5-14)23-9-7-22(8-10-23)13(2)16(17,18)19;/h13-14H,3-12H2,1-2H3,(H,20,21);1H. The van der Waals surface area contributed by atoms with Crippen molar-refractivity contribution in [2.75, 3.05) is 52.5 Å². The van der Waals surface area contributed by atoms with Gasteiger partial charge in [0.05, 0.1) is 13.2 Å². The Labute approximate surface area is 165 Å². The molecule has 0 aromatic carbocycles. The van der Waals surface area contributed by atoms with Crippen LogP contribution in [0.3, 0.4) is 0 Å². The van der Waals surface area contributed by atoms with E-state index in [9.17, 15) is 13.2 Å². The fraction of sp³-hybridized carbons (Fsp3) is 0.938. The summed E-state index contributed by atoms with van der Waals surface area (Å²) >= 11 is 0. The zero-order valence-electron chi connectivity index (χ0n) is 15.0. The molecule has 1 atom stereocenters. The highest BCUT2D eigenvalue weighted by Crippen LogP contribution is 2.28. The van der Waals surface area contributed by atoms with Crippen molar-refractivity contribution in [3.8, 4) is 0 Å². The molecule has 2 fully saturated rings. The van der Waals surface area contributed by atoms with Crippen LogP contribution in [0.4, 0.5) is 13.2 Å². The summed E-state index contributed by atoms with van der Waals surface area (Å²) in [7, 11) is 0. The largest absolute Gasteiger partial charge is 0.403 e. The van der Waals surface area contributed by atoms with E-state index in [-0.39, 0.29) is 24.0 Å². The molecule has 2 aliphatic rings. The summed E-state index contributed by atoms with van der Waals surface area (Å²) in [5.74, 6) is 1.51. The molecule has 1 aliphatic heterocycles. The number of hydrogen-bond acceptors (Lipinski definition) is 3. The fourth-order valence-electron chi connectivity index (χ4n) is 2.70. The first-order valence-electron chi connectivity index (χ1n) is 8.83. The molecule has 1 heterocycles. The summed E-state index contributed by atoms with van der Waals surface area (Å²) < 4.78 is 44.0. The second kappa shape index (κ2) is 10.8. The molecule has 1 aliphatic carbocycles. The predicted molar refractivity (Wildman–Crippen MR) is 104 cm³/mol. The van der Waals surface area contributed by atoms with E-state index < -0.39 is 12.2 Å². The number of hydrogen-bond donors (Lipinski definition) is 1. The Morgan fingerprint density at radius 3 is 2.40 bits per heavy atom. The summed E-state index contributed by atoms with van der Waals surface area (Å²) in [5, 5.41) is 3.22. The number of piperazine rings is 1. The zero-order chi connectivity index (χ0) is 17.6. The van der Waals surface area contributed by atoms with Crippen LogP contribution in [0.1, 0.15) is 26.7 Å². The molecule has 25 heavy (non-hydrogen) atoms. The first-order chi connectivity index (χ1) is 11.4. The second-order valence-corrected chi connectivity index (χ2v) is 6.49. The van der Waals surface area contributed by atoms with Gasteiger partial charge < -0.3 is 15.0 Å². The lowest BCUT2D eigenvalue weighted by Crippen LogP contribution is -2.56. The molecular weight excluding hydrogens is 448 g/mol. The maximum atomic E-state index is 12.8. The summed E-state index contributed by atoms with van der Waals surface area (Å²) in [6, 6.07) is -1.39. The average Bonchev–Trinajstić information content (AvgIpc) is 3.36. The van der Waals surface area contributed by atoms with Crippen molar-refractivity contribution >= 4 is 29.9 Å². The molecule has 148 valence electrons. The minimum atomic E-state index is -4.17. The molecule has 0 radical (unpaired) electrons. The number of halogens is 4. The molecular formula is C16H30F3IN4O. The van der Waals surface area contributed by atoms with Crippen LogP contribution in [0.5, 0.6) is 0 Å². The molecule has 1 N–H and O–H groups in total. The monoisotopic (exact) mass is 478 g/mol. The van der Waals surface area contributed by atoms with Crippen molar-refractivity contribution in [3.05, 3.63) is 0 Å². The average molecular weight is 478 g/mol. The van der Waals surface area contributed by atoms with Gasteiger partial charge in [-0.3, -0.25) is 9.89 Å². The Morgan fingerprint density at radius 1 is 1.24 bits per heavy atom. The van der Waals surface area contributed by atoms with Crippen molar-refractivity contribution < 1.29 is 17.9 Å². The summed E-state index contributed by atoms with van der Waals surface area (Å²) in [6.07, 6.45) is -1.63. The van der Waals surface area contributed by atoms with E-state index in [1.54, 1.807) is 0 Å². The van der Waals surface area contributed by atoms with E-state index in [0.29, 0.717) is 39.3 Å². The molecule has 1 saturated heterocycles. The van der Waals surface area contributed by atoms with Crippen molar-refractivity contribution in [2.24, 2.45) is 10.9 Å². The van der Waals surface area contributed by atoms with Gasteiger partial charge in [0.15, 0.2) is 5.96 Å². The smallest absolute Gasteiger partial charge is 0.379 e.